The van der Waals surface area contributed by atoms with E-state index in [0.717, 1.165) is 35.1 Å². The smallest absolute Gasteiger partial charge is 0.291 e. The van der Waals surface area contributed by atoms with E-state index < -0.39 is 6.04 Å². The van der Waals surface area contributed by atoms with Crippen LogP contribution in [0.3, 0.4) is 0 Å². The molecule has 5 nitrogen and oxygen atoms in total. The Morgan fingerprint density at radius 3 is 2.50 bits per heavy atom. The number of carbonyl (C=O) groups is 1. The van der Waals surface area contributed by atoms with Crippen LogP contribution in [-0.4, -0.2) is 30.1 Å². The first kappa shape index (κ1) is 19.1. The van der Waals surface area contributed by atoms with Gasteiger partial charge in [-0.25, -0.2) is 0 Å². The van der Waals surface area contributed by atoms with Crippen LogP contribution >= 0.6 is 0 Å². The van der Waals surface area contributed by atoms with Crippen molar-refractivity contribution in [3.05, 3.63) is 80.2 Å². The zero-order chi connectivity index (χ0) is 21.0. The highest BCUT2D eigenvalue weighted by Crippen LogP contribution is 2.39. The molecule has 2 unspecified atom stereocenters. The maximum atomic E-state index is 13.7. The molecular formula is C25H25NO4. The summed E-state index contributed by atoms with van der Waals surface area (Å²) in [5.74, 6) is -0.0645. The lowest BCUT2D eigenvalue weighted by atomic mass is 9.96. The highest BCUT2D eigenvalue weighted by molar-refractivity contribution is 5.99. The van der Waals surface area contributed by atoms with Crippen molar-refractivity contribution in [1.82, 2.24) is 4.90 Å². The fourth-order valence-electron chi connectivity index (χ4n) is 4.80. The van der Waals surface area contributed by atoms with Crippen LogP contribution in [0.15, 0.2) is 45.6 Å². The monoisotopic (exact) mass is 403 g/mol. The molecular weight excluding hydrogens is 378 g/mol. The van der Waals surface area contributed by atoms with Gasteiger partial charge in [-0.15, -0.1) is 0 Å². The lowest BCUT2D eigenvalue weighted by Gasteiger charge is -2.27. The number of amides is 1. The third-order valence-corrected chi connectivity index (χ3v) is 6.23. The van der Waals surface area contributed by atoms with Crippen LogP contribution in [0.5, 0.6) is 0 Å². The molecule has 2 aromatic carbocycles. The molecule has 5 rings (SSSR count). The summed E-state index contributed by atoms with van der Waals surface area (Å²) in [4.78, 5) is 28.9. The van der Waals surface area contributed by atoms with E-state index >= 15 is 0 Å². The Morgan fingerprint density at radius 2 is 1.80 bits per heavy atom. The standard InChI is InChI=1S/C25H25NO4/c1-14-6-8-17(9-7-14)22-21-23(27)20-16(3)11-15(2)12-19(20)30-24(21)25(28)26(22)13-18-5-4-10-29-18/h6-9,11-12,18,22H,4-5,10,13H2,1-3H3. The molecule has 154 valence electrons. The van der Waals surface area contributed by atoms with Crippen molar-refractivity contribution in [2.45, 2.75) is 45.8 Å². The van der Waals surface area contributed by atoms with Crippen LogP contribution in [0.4, 0.5) is 0 Å². The number of hydrogen-bond acceptors (Lipinski definition) is 4. The molecule has 2 aliphatic heterocycles. The van der Waals surface area contributed by atoms with Crippen molar-refractivity contribution < 1.29 is 13.9 Å². The van der Waals surface area contributed by atoms with E-state index in [2.05, 4.69) is 0 Å². The predicted octanol–water partition coefficient (Wildman–Crippen LogP) is 4.44. The summed E-state index contributed by atoms with van der Waals surface area (Å²) in [6.07, 6.45) is 1.90. The van der Waals surface area contributed by atoms with Gasteiger partial charge in [-0.05, 0) is 56.4 Å². The molecule has 3 heterocycles. The number of nitrogens with zero attached hydrogens (tertiary/aromatic N) is 1. The second-order valence-corrected chi connectivity index (χ2v) is 8.53. The summed E-state index contributed by atoms with van der Waals surface area (Å²) in [5, 5.41) is 0.559. The molecule has 1 aromatic heterocycles. The van der Waals surface area contributed by atoms with E-state index in [1.807, 2.05) is 57.2 Å². The summed E-state index contributed by atoms with van der Waals surface area (Å²) in [6, 6.07) is 11.4. The zero-order valence-corrected chi connectivity index (χ0v) is 17.5. The third-order valence-electron chi connectivity index (χ3n) is 6.23. The fraction of sp³-hybridized carbons (Fsp3) is 0.360. The van der Waals surface area contributed by atoms with Gasteiger partial charge in [0, 0.05) is 13.2 Å². The molecule has 0 aliphatic carbocycles. The number of aryl methyl sites for hydroxylation is 3. The summed E-state index contributed by atoms with van der Waals surface area (Å²) < 4.78 is 11.9. The van der Waals surface area contributed by atoms with Crippen LogP contribution in [-0.2, 0) is 4.74 Å². The lowest BCUT2D eigenvalue weighted by molar-refractivity contribution is 0.0486. The third kappa shape index (κ3) is 2.96. The highest BCUT2D eigenvalue weighted by Gasteiger charge is 2.44. The Balaban J connectivity index is 1.73. The van der Waals surface area contributed by atoms with E-state index in [1.165, 1.54) is 0 Å². The van der Waals surface area contributed by atoms with Crippen LogP contribution in [0, 0.1) is 20.8 Å². The molecule has 0 N–H and O–H groups in total. The average Bonchev–Trinajstić information content (AvgIpc) is 3.30. The first-order valence-electron chi connectivity index (χ1n) is 10.5. The Kier molecular flexibility index (Phi) is 4.51. The highest BCUT2D eigenvalue weighted by atomic mass is 16.5. The van der Waals surface area contributed by atoms with Gasteiger partial charge in [0.15, 0.2) is 5.43 Å². The normalized spacial score (nSPS) is 20.9. The summed E-state index contributed by atoms with van der Waals surface area (Å²) >= 11 is 0. The maximum absolute atomic E-state index is 13.7. The van der Waals surface area contributed by atoms with Crippen molar-refractivity contribution in [2.24, 2.45) is 0 Å². The van der Waals surface area contributed by atoms with Crippen molar-refractivity contribution >= 4 is 16.9 Å². The molecule has 5 heteroatoms. The Bertz CT molecular complexity index is 1200. The minimum atomic E-state index is -0.460. The molecule has 2 atom stereocenters. The first-order chi connectivity index (χ1) is 14.4. The number of carbonyl (C=O) groups excluding carboxylic acids is 1. The molecule has 0 saturated carbocycles. The molecule has 1 saturated heterocycles. The number of benzene rings is 2. The van der Waals surface area contributed by atoms with Crippen molar-refractivity contribution in [3.63, 3.8) is 0 Å². The van der Waals surface area contributed by atoms with Gasteiger partial charge in [-0.2, -0.15) is 0 Å². The largest absolute Gasteiger partial charge is 0.450 e. The van der Waals surface area contributed by atoms with Crippen LogP contribution in [0.2, 0.25) is 0 Å². The Hall–Kier alpha value is -2.92. The van der Waals surface area contributed by atoms with Gasteiger partial charge >= 0.3 is 0 Å². The minimum absolute atomic E-state index is 0.00953. The number of fused-ring (bicyclic) bond motifs is 2. The predicted molar refractivity (Wildman–Crippen MR) is 115 cm³/mol. The van der Waals surface area contributed by atoms with E-state index in [-0.39, 0.29) is 23.2 Å². The molecule has 2 aliphatic rings. The van der Waals surface area contributed by atoms with Crippen molar-refractivity contribution in [2.75, 3.05) is 13.2 Å². The molecule has 1 amide bonds. The second kappa shape index (κ2) is 7.10. The van der Waals surface area contributed by atoms with E-state index in [1.54, 1.807) is 4.90 Å². The first-order valence-corrected chi connectivity index (χ1v) is 10.5. The molecule has 1 fully saturated rings. The summed E-state index contributed by atoms with van der Waals surface area (Å²) in [5.41, 5.74) is 4.73. The van der Waals surface area contributed by atoms with Crippen LogP contribution in [0.1, 0.15) is 57.3 Å². The van der Waals surface area contributed by atoms with Gasteiger partial charge in [0.2, 0.25) is 5.76 Å². The minimum Gasteiger partial charge on any atom is -0.450 e. The van der Waals surface area contributed by atoms with Crippen LogP contribution < -0.4 is 5.43 Å². The molecule has 0 radical (unpaired) electrons. The van der Waals surface area contributed by atoms with Gasteiger partial charge < -0.3 is 14.1 Å². The van der Waals surface area contributed by atoms with E-state index in [9.17, 15) is 9.59 Å². The number of rotatable bonds is 3. The van der Waals surface area contributed by atoms with Crippen molar-refractivity contribution in [3.8, 4) is 0 Å². The van der Waals surface area contributed by atoms with Gasteiger partial charge in [-0.3, -0.25) is 9.59 Å². The Morgan fingerprint density at radius 1 is 1.03 bits per heavy atom. The molecule has 0 bridgehead atoms. The van der Waals surface area contributed by atoms with Gasteiger partial charge in [0.25, 0.3) is 5.91 Å². The number of ether oxygens (including phenoxy) is 1. The second-order valence-electron chi connectivity index (χ2n) is 8.53. The average molecular weight is 403 g/mol. The van der Waals surface area contributed by atoms with Gasteiger partial charge in [0.1, 0.15) is 5.58 Å². The topological polar surface area (TPSA) is 59.8 Å². The lowest BCUT2D eigenvalue weighted by Crippen LogP contribution is -2.36. The maximum Gasteiger partial charge on any atom is 0.291 e. The molecule has 30 heavy (non-hydrogen) atoms. The number of hydrogen-bond donors (Lipinski definition) is 0. The van der Waals surface area contributed by atoms with Gasteiger partial charge in [0.05, 0.1) is 23.1 Å². The summed E-state index contributed by atoms with van der Waals surface area (Å²) in [6.45, 7) is 7.07. The van der Waals surface area contributed by atoms with E-state index in [4.69, 9.17) is 9.15 Å². The van der Waals surface area contributed by atoms with Gasteiger partial charge in [-0.1, -0.05) is 35.9 Å². The summed E-state index contributed by atoms with van der Waals surface area (Å²) in [7, 11) is 0. The fourth-order valence-corrected chi connectivity index (χ4v) is 4.80. The van der Waals surface area contributed by atoms with Crippen LogP contribution in [0.25, 0.3) is 11.0 Å². The quantitative estimate of drug-likeness (QED) is 0.649. The SMILES string of the molecule is Cc1ccc(C2c3c(oc4cc(C)cc(C)c4c3=O)C(=O)N2CC2CCCO2)cc1. The molecule has 3 aromatic rings. The molecule has 0 spiro atoms. The van der Waals surface area contributed by atoms with E-state index in [0.29, 0.717) is 29.7 Å². The van der Waals surface area contributed by atoms with Crippen molar-refractivity contribution in [1.29, 1.82) is 0 Å². The zero-order valence-electron chi connectivity index (χ0n) is 17.5. The Labute approximate surface area is 175 Å².